The van der Waals surface area contributed by atoms with Gasteiger partial charge >= 0.3 is 11.3 Å². The lowest BCUT2D eigenvalue weighted by Crippen LogP contribution is -2.17. The van der Waals surface area contributed by atoms with Crippen molar-refractivity contribution in [3.63, 3.8) is 0 Å². The smallest absolute Gasteiger partial charge is 0.309 e. The van der Waals surface area contributed by atoms with E-state index in [0.717, 1.165) is 23.3 Å². The van der Waals surface area contributed by atoms with Crippen LogP contribution in [-0.2, 0) is 34.9 Å². The first-order valence-electron chi connectivity index (χ1n) is 10.9. The molecule has 1 unspecified atom stereocenters. The second-order valence-corrected chi connectivity index (χ2v) is 8.65. The van der Waals surface area contributed by atoms with E-state index in [1.807, 2.05) is 16.9 Å². The Morgan fingerprint density at radius 2 is 1.82 bits per heavy atom. The minimum absolute atomic E-state index is 0.572. The van der Waals surface area contributed by atoms with Crippen molar-refractivity contribution in [3.05, 3.63) is 95.8 Å². The minimum Gasteiger partial charge on any atom is -0.493 e. The molecule has 1 aromatic heterocycles. The number of ether oxygens (including phenoxy) is 1. The molecule has 168 valence electrons. The predicted octanol–water partition coefficient (Wildman–Crippen LogP) is 4.15. The number of rotatable bonds is 9. The van der Waals surface area contributed by atoms with Crippen LogP contribution in [0.25, 0.3) is 10.8 Å². The summed E-state index contributed by atoms with van der Waals surface area (Å²) in [7, 11) is 0. The molecule has 5 rings (SSSR count). The lowest BCUT2D eigenvalue weighted by Gasteiger charge is -2.14. The van der Waals surface area contributed by atoms with Gasteiger partial charge in [0.05, 0.1) is 13.2 Å². The Balaban J connectivity index is 1.29. The fraction of sp³-hybridized carbons (Fsp3) is 0.200. The highest BCUT2D eigenvalue weighted by atomic mass is 32.2. The molecule has 1 aliphatic heterocycles. The molecule has 0 saturated heterocycles. The maximum Gasteiger partial charge on any atom is 0.309 e. The molecule has 0 aliphatic carbocycles. The molecule has 1 aliphatic rings. The van der Waals surface area contributed by atoms with E-state index >= 15 is 0 Å². The summed E-state index contributed by atoms with van der Waals surface area (Å²) in [6, 6.07) is 23.1. The van der Waals surface area contributed by atoms with Crippen molar-refractivity contribution in [3.8, 4) is 5.75 Å². The zero-order valence-corrected chi connectivity index (χ0v) is 18.8. The number of nitrogens with one attached hydrogen (secondary N) is 1. The largest absolute Gasteiger partial charge is 0.493 e. The molecule has 0 spiro atoms. The number of nitrogens with zero attached hydrogens (tertiary/aromatic N) is 3. The molecule has 2 heterocycles. The Kier molecular flexibility index (Phi) is 6.46. The number of fused-ring (bicyclic) bond motifs is 1. The van der Waals surface area contributed by atoms with Gasteiger partial charge in [0.15, 0.2) is 0 Å². The molecule has 1 N–H and O–H groups in total. The van der Waals surface area contributed by atoms with Crippen LogP contribution in [0.1, 0.15) is 23.1 Å². The average molecular weight is 461 g/mol. The molecule has 0 amide bonds. The van der Waals surface area contributed by atoms with Gasteiger partial charge in [-0.05, 0) is 46.0 Å². The van der Waals surface area contributed by atoms with Crippen LogP contribution >= 0.6 is 0 Å². The number of aromatic nitrogens is 2. The number of amidine groups is 1. The third kappa shape index (κ3) is 5.47. The molecule has 8 heteroatoms. The van der Waals surface area contributed by atoms with Gasteiger partial charge in [-0.1, -0.05) is 54.6 Å². The van der Waals surface area contributed by atoms with Crippen molar-refractivity contribution in [2.24, 2.45) is 4.40 Å². The summed E-state index contributed by atoms with van der Waals surface area (Å²) < 4.78 is 28.2. The normalized spacial score (nSPS) is 15.4. The van der Waals surface area contributed by atoms with Crippen molar-refractivity contribution in [1.82, 2.24) is 15.3 Å². The van der Waals surface area contributed by atoms with Gasteiger partial charge in [-0.15, -0.1) is 4.40 Å². The third-order valence-corrected chi connectivity index (χ3v) is 6.14. The average Bonchev–Trinajstić information content (AvgIpc) is 3.50. The second-order valence-electron chi connectivity index (χ2n) is 7.87. The van der Waals surface area contributed by atoms with E-state index in [-0.39, 0.29) is 0 Å². The maximum atomic E-state index is 11.3. The first-order valence-corrected chi connectivity index (χ1v) is 11.9. The lowest BCUT2D eigenvalue weighted by molar-refractivity contribution is 0.302. The topological polar surface area (TPSA) is 77.7 Å². The van der Waals surface area contributed by atoms with Crippen LogP contribution in [0.5, 0.6) is 5.75 Å². The molecule has 4 aromatic rings. The van der Waals surface area contributed by atoms with E-state index in [2.05, 4.69) is 75.6 Å². The summed E-state index contributed by atoms with van der Waals surface area (Å²) in [5, 5.41) is 6.77. The molecule has 3 aromatic carbocycles. The highest BCUT2D eigenvalue weighted by molar-refractivity contribution is 7.79. The van der Waals surface area contributed by atoms with Gasteiger partial charge < -0.3 is 4.74 Å². The third-order valence-electron chi connectivity index (χ3n) is 5.54. The van der Waals surface area contributed by atoms with Crippen molar-refractivity contribution in [1.29, 1.82) is 0 Å². The molecule has 0 radical (unpaired) electrons. The second kappa shape index (κ2) is 9.97. The summed E-state index contributed by atoms with van der Waals surface area (Å²) in [5.41, 5.74) is 6.04. The SMILES string of the molecule is O=S1N=C(CCc2ccc(Cn3cccn3)cc2OCCc2ccc3ccccc3c2)NO1. The van der Waals surface area contributed by atoms with Crippen LogP contribution in [0.3, 0.4) is 0 Å². The van der Waals surface area contributed by atoms with E-state index in [0.29, 0.717) is 31.8 Å². The fourth-order valence-corrected chi connectivity index (χ4v) is 4.37. The molecular formula is C25H24N4O3S. The van der Waals surface area contributed by atoms with E-state index in [4.69, 9.17) is 9.02 Å². The van der Waals surface area contributed by atoms with Crippen molar-refractivity contribution < 1.29 is 13.2 Å². The van der Waals surface area contributed by atoms with Crippen LogP contribution in [0.2, 0.25) is 0 Å². The number of aryl methyl sites for hydroxylation is 1. The zero-order chi connectivity index (χ0) is 22.5. The summed E-state index contributed by atoms with van der Waals surface area (Å²) in [5.74, 6) is 1.43. The van der Waals surface area contributed by atoms with Crippen LogP contribution in [0.4, 0.5) is 0 Å². The highest BCUT2D eigenvalue weighted by Gasteiger charge is 2.14. The van der Waals surface area contributed by atoms with Crippen molar-refractivity contribution in [2.45, 2.75) is 25.8 Å². The number of benzene rings is 3. The molecule has 1 atom stereocenters. The van der Waals surface area contributed by atoms with Crippen LogP contribution < -0.4 is 10.2 Å². The lowest BCUT2D eigenvalue weighted by atomic mass is 10.0. The molecule has 7 nitrogen and oxygen atoms in total. The summed E-state index contributed by atoms with van der Waals surface area (Å²) in [6.45, 7) is 1.25. The van der Waals surface area contributed by atoms with Crippen LogP contribution in [0, 0.1) is 0 Å². The van der Waals surface area contributed by atoms with E-state index in [9.17, 15) is 4.21 Å². The monoisotopic (exact) mass is 460 g/mol. The van der Waals surface area contributed by atoms with Crippen molar-refractivity contribution >= 4 is 27.9 Å². The van der Waals surface area contributed by atoms with Gasteiger partial charge in [-0.25, -0.2) is 9.69 Å². The quantitative estimate of drug-likeness (QED) is 0.406. The van der Waals surface area contributed by atoms with E-state index in [1.165, 1.54) is 16.3 Å². The zero-order valence-electron chi connectivity index (χ0n) is 18.0. The summed E-state index contributed by atoms with van der Waals surface area (Å²) in [4.78, 5) is 0. The Bertz CT molecular complexity index is 1300. The van der Waals surface area contributed by atoms with Gasteiger partial charge in [0.1, 0.15) is 11.6 Å². The Hall–Kier alpha value is -3.49. The predicted molar refractivity (Wildman–Crippen MR) is 129 cm³/mol. The Morgan fingerprint density at radius 1 is 0.939 bits per heavy atom. The van der Waals surface area contributed by atoms with Gasteiger partial charge in [-0.2, -0.15) is 9.38 Å². The highest BCUT2D eigenvalue weighted by Crippen LogP contribution is 2.24. The van der Waals surface area contributed by atoms with Crippen LogP contribution in [0.15, 0.2) is 83.5 Å². The number of hydrogen-bond acceptors (Lipinski definition) is 5. The molecule has 0 saturated carbocycles. The fourth-order valence-electron chi connectivity index (χ4n) is 3.85. The van der Waals surface area contributed by atoms with Gasteiger partial charge in [0, 0.05) is 25.2 Å². The van der Waals surface area contributed by atoms with Gasteiger partial charge in [0.25, 0.3) is 0 Å². The first-order chi connectivity index (χ1) is 16.2. The minimum atomic E-state index is -1.64. The van der Waals surface area contributed by atoms with E-state index in [1.54, 1.807) is 6.20 Å². The number of hydroxylamine groups is 1. The molecule has 33 heavy (non-hydrogen) atoms. The Morgan fingerprint density at radius 3 is 2.64 bits per heavy atom. The molecular weight excluding hydrogens is 436 g/mol. The van der Waals surface area contributed by atoms with Gasteiger partial charge in [-0.3, -0.25) is 4.68 Å². The summed E-state index contributed by atoms with van der Waals surface area (Å²) >= 11 is -1.64. The van der Waals surface area contributed by atoms with Crippen molar-refractivity contribution in [2.75, 3.05) is 6.61 Å². The van der Waals surface area contributed by atoms with Gasteiger partial charge in [0.2, 0.25) is 0 Å². The summed E-state index contributed by atoms with van der Waals surface area (Å²) in [6.07, 6.45) is 5.81. The first kappa shape index (κ1) is 21.4. The Labute approximate surface area is 194 Å². The molecule has 0 fully saturated rings. The maximum absolute atomic E-state index is 11.3. The number of hydrogen-bond donors (Lipinski definition) is 1. The standard InChI is InChI=1S/C25H24N4O3S/c30-33-28-25(27-32-33)11-10-22-9-7-20(18-29-14-3-13-26-29)17-24(22)31-15-12-19-6-8-21-4-1-2-5-23(21)16-19/h1-9,13-14,16-17H,10-12,15,18H2,(H,27,28). The molecule has 0 bridgehead atoms. The van der Waals surface area contributed by atoms with Crippen LogP contribution in [-0.4, -0.2) is 26.4 Å². The van der Waals surface area contributed by atoms with E-state index < -0.39 is 11.3 Å².